The molecule has 0 aliphatic heterocycles. The summed E-state index contributed by atoms with van der Waals surface area (Å²) in [6.07, 6.45) is 4.46. The first-order valence-electron chi connectivity index (χ1n) is 12.1. The Morgan fingerprint density at radius 1 is 0.800 bits per heavy atom. The van der Waals surface area contributed by atoms with Crippen LogP contribution >= 0.6 is 0 Å². The summed E-state index contributed by atoms with van der Waals surface area (Å²) in [6, 6.07) is 20.2. The zero-order valence-corrected chi connectivity index (χ0v) is 20.6. The Kier molecular flexibility index (Phi) is 9.99. The summed E-state index contributed by atoms with van der Waals surface area (Å²) in [5.74, 6) is -0.514. The molecule has 6 heteroatoms. The molecule has 0 fully saturated rings. The van der Waals surface area contributed by atoms with Crippen molar-refractivity contribution in [1.82, 2.24) is 10.3 Å². The Bertz CT molecular complexity index is 1050. The number of hydrogen-bond donors (Lipinski definition) is 1. The zero-order chi connectivity index (χ0) is 25.0. The van der Waals surface area contributed by atoms with Crippen molar-refractivity contribution in [2.45, 2.75) is 52.3 Å². The van der Waals surface area contributed by atoms with Crippen LogP contribution in [0.5, 0.6) is 0 Å². The van der Waals surface area contributed by atoms with Gasteiger partial charge >= 0.3 is 11.9 Å². The number of esters is 2. The van der Waals surface area contributed by atoms with Crippen LogP contribution in [0, 0.1) is 5.92 Å². The molecule has 0 bridgehead atoms. The highest BCUT2D eigenvalue weighted by atomic mass is 16.5. The van der Waals surface area contributed by atoms with E-state index >= 15 is 0 Å². The van der Waals surface area contributed by atoms with E-state index in [1.165, 1.54) is 0 Å². The standard InChI is InChI=1S/C29H34N2O4/c1-4-34-28(32)27(19-22-10-12-24(13-11-22)25-14-16-30-17-15-25)31-26(18-21(2)3)29(33)35-20-23-8-6-5-7-9-23/h5-17,21,26-27,31H,4,18-20H2,1-3H3/t26-,27?/m0/s1. The lowest BCUT2D eigenvalue weighted by molar-refractivity contribution is -0.150. The second kappa shape index (κ2) is 13.4. The summed E-state index contributed by atoms with van der Waals surface area (Å²) in [6.45, 7) is 6.31. The Labute approximate surface area is 207 Å². The minimum atomic E-state index is -0.672. The molecule has 0 aliphatic rings. The molecular weight excluding hydrogens is 440 g/mol. The number of nitrogens with one attached hydrogen (secondary N) is 1. The van der Waals surface area contributed by atoms with E-state index in [1.807, 2.05) is 80.6 Å². The molecule has 0 saturated carbocycles. The van der Waals surface area contributed by atoms with Crippen LogP contribution in [0.4, 0.5) is 0 Å². The van der Waals surface area contributed by atoms with Gasteiger partial charge in [-0.1, -0.05) is 68.4 Å². The Morgan fingerprint density at radius 2 is 1.43 bits per heavy atom. The second-order valence-corrected chi connectivity index (χ2v) is 8.88. The van der Waals surface area contributed by atoms with Gasteiger partial charge in [-0.25, -0.2) is 0 Å². The molecule has 1 aromatic heterocycles. The van der Waals surface area contributed by atoms with Gasteiger partial charge in [0, 0.05) is 12.4 Å². The van der Waals surface area contributed by atoms with Crippen molar-refractivity contribution in [3.05, 3.63) is 90.3 Å². The zero-order valence-electron chi connectivity index (χ0n) is 20.6. The molecule has 1 N–H and O–H groups in total. The molecule has 2 aromatic carbocycles. The molecule has 1 heterocycles. The molecule has 1 unspecified atom stereocenters. The normalized spacial score (nSPS) is 12.7. The average Bonchev–Trinajstić information content (AvgIpc) is 2.88. The van der Waals surface area contributed by atoms with Gasteiger partial charge in [0.05, 0.1) is 6.61 Å². The maximum absolute atomic E-state index is 13.0. The highest BCUT2D eigenvalue weighted by Crippen LogP contribution is 2.20. The third-order valence-electron chi connectivity index (χ3n) is 5.60. The van der Waals surface area contributed by atoms with E-state index in [-0.39, 0.29) is 31.1 Å². The average molecular weight is 475 g/mol. The van der Waals surface area contributed by atoms with Gasteiger partial charge in [-0.15, -0.1) is 0 Å². The van der Waals surface area contributed by atoms with E-state index in [2.05, 4.69) is 10.3 Å². The minimum Gasteiger partial charge on any atom is -0.465 e. The lowest BCUT2D eigenvalue weighted by Crippen LogP contribution is -2.50. The van der Waals surface area contributed by atoms with Crippen molar-refractivity contribution in [3.8, 4) is 11.1 Å². The Hall–Kier alpha value is -3.51. The molecule has 2 atom stereocenters. The monoisotopic (exact) mass is 474 g/mol. The van der Waals surface area contributed by atoms with Crippen LogP contribution in [0.1, 0.15) is 38.3 Å². The molecule has 3 rings (SSSR count). The van der Waals surface area contributed by atoms with E-state index in [4.69, 9.17) is 9.47 Å². The SMILES string of the molecule is CCOC(=O)C(Cc1ccc(-c2ccncc2)cc1)N[C@@H](CC(C)C)C(=O)OCc1ccccc1. The molecule has 35 heavy (non-hydrogen) atoms. The van der Waals surface area contributed by atoms with Gasteiger partial charge in [-0.2, -0.15) is 0 Å². The molecule has 6 nitrogen and oxygen atoms in total. The largest absolute Gasteiger partial charge is 0.465 e. The number of aromatic nitrogens is 1. The fraction of sp³-hybridized carbons (Fsp3) is 0.345. The van der Waals surface area contributed by atoms with Crippen molar-refractivity contribution in [2.24, 2.45) is 5.92 Å². The third-order valence-corrected chi connectivity index (χ3v) is 5.60. The van der Waals surface area contributed by atoms with Gasteiger partial charge in [-0.3, -0.25) is 19.9 Å². The van der Waals surface area contributed by atoms with Gasteiger partial charge < -0.3 is 9.47 Å². The predicted octanol–water partition coefficient (Wildman–Crippen LogP) is 4.97. The number of carbonyl (C=O) groups excluding carboxylic acids is 2. The predicted molar refractivity (Wildman–Crippen MR) is 136 cm³/mol. The minimum absolute atomic E-state index is 0.191. The smallest absolute Gasteiger partial charge is 0.323 e. The number of hydrogen-bond acceptors (Lipinski definition) is 6. The van der Waals surface area contributed by atoms with Crippen molar-refractivity contribution in [1.29, 1.82) is 0 Å². The van der Waals surface area contributed by atoms with Crippen molar-refractivity contribution < 1.29 is 19.1 Å². The summed E-state index contributed by atoms with van der Waals surface area (Å²) in [5.41, 5.74) is 4.03. The molecule has 184 valence electrons. The number of ether oxygens (including phenoxy) is 2. The maximum atomic E-state index is 13.0. The maximum Gasteiger partial charge on any atom is 0.323 e. The Balaban J connectivity index is 1.72. The number of nitrogens with zero attached hydrogens (tertiary/aromatic N) is 1. The van der Waals surface area contributed by atoms with Crippen molar-refractivity contribution in [3.63, 3.8) is 0 Å². The van der Waals surface area contributed by atoms with Crippen LogP contribution in [0.3, 0.4) is 0 Å². The van der Waals surface area contributed by atoms with Crippen LogP contribution in [-0.4, -0.2) is 35.6 Å². The lowest BCUT2D eigenvalue weighted by atomic mass is 9.99. The quantitative estimate of drug-likeness (QED) is 0.374. The number of carbonyl (C=O) groups is 2. The fourth-order valence-corrected chi connectivity index (χ4v) is 3.84. The topological polar surface area (TPSA) is 77.5 Å². The Morgan fingerprint density at radius 3 is 2.06 bits per heavy atom. The summed E-state index contributed by atoms with van der Waals surface area (Å²) in [7, 11) is 0. The van der Waals surface area contributed by atoms with Crippen LogP contribution in [0.2, 0.25) is 0 Å². The molecule has 0 radical (unpaired) electrons. The number of rotatable bonds is 12. The van der Waals surface area contributed by atoms with Crippen LogP contribution in [-0.2, 0) is 32.1 Å². The number of pyridine rings is 1. The first-order valence-corrected chi connectivity index (χ1v) is 12.1. The van der Waals surface area contributed by atoms with Gasteiger partial charge in [0.1, 0.15) is 18.7 Å². The lowest BCUT2D eigenvalue weighted by Gasteiger charge is -2.25. The molecule has 0 aliphatic carbocycles. The summed E-state index contributed by atoms with van der Waals surface area (Å²) < 4.78 is 10.9. The van der Waals surface area contributed by atoms with Crippen LogP contribution in [0.25, 0.3) is 11.1 Å². The summed E-state index contributed by atoms with van der Waals surface area (Å²) >= 11 is 0. The van der Waals surface area contributed by atoms with E-state index < -0.39 is 12.1 Å². The first kappa shape index (κ1) is 26.1. The van der Waals surface area contributed by atoms with Gasteiger partial charge in [0.15, 0.2) is 0 Å². The summed E-state index contributed by atoms with van der Waals surface area (Å²) in [5, 5.41) is 3.24. The highest BCUT2D eigenvalue weighted by molar-refractivity contribution is 5.80. The molecule has 0 saturated heterocycles. The van der Waals surface area contributed by atoms with Gasteiger partial charge in [0.2, 0.25) is 0 Å². The van der Waals surface area contributed by atoms with Gasteiger partial charge in [0.25, 0.3) is 0 Å². The summed E-state index contributed by atoms with van der Waals surface area (Å²) in [4.78, 5) is 29.9. The first-order chi connectivity index (χ1) is 17.0. The number of benzene rings is 2. The third kappa shape index (κ3) is 8.34. The van der Waals surface area contributed by atoms with E-state index in [0.29, 0.717) is 12.8 Å². The van der Waals surface area contributed by atoms with Crippen molar-refractivity contribution >= 4 is 11.9 Å². The van der Waals surface area contributed by atoms with Crippen molar-refractivity contribution in [2.75, 3.05) is 6.61 Å². The van der Waals surface area contributed by atoms with E-state index in [0.717, 1.165) is 22.3 Å². The molecule has 3 aromatic rings. The molecule has 0 spiro atoms. The molecular formula is C29H34N2O4. The fourth-order valence-electron chi connectivity index (χ4n) is 3.84. The van der Waals surface area contributed by atoms with E-state index in [9.17, 15) is 9.59 Å². The van der Waals surface area contributed by atoms with E-state index in [1.54, 1.807) is 19.3 Å². The highest BCUT2D eigenvalue weighted by Gasteiger charge is 2.29. The van der Waals surface area contributed by atoms with Crippen LogP contribution < -0.4 is 5.32 Å². The van der Waals surface area contributed by atoms with Gasteiger partial charge in [-0.05, 0) is 60.1 Å². The van der Waals surface area contributed by atoms with Crippen LogP contribution in [0.15, 0.2) is 79.1 Å². The second-order valence-electron chi connectivity index (χ2n) is 8.88. The molecule has 0 amide bonds.